The number of nitrogens with one attached hydrogen (secondary N) is 1. The summed E-state index contributed by atoms with van der Waals surface area (Å²) >= 11 is 1.35. The molecule has 1 N–H and O–H groups in total. The number of rotatable bonds is 6. The number of hydrogen-bond donors (Lipinski definition) is 1. The van der Waals surface area contributed by atoms with Gasteiger partial charge in [0.1, 0.15) is 17.0 Å². The molecule has 0 unspecified atom stereocenters. The summed E-state index contributed by atoms with van der Waals surface area (Å²) < 4.78 is 20.3. The maximum absolute atomic E-state index is 13.1. The smallest absolute Gasteiger partial charge is 0.262 e. The van der Waals surface area contributed by atoms with Crippen molar-refractivity contribution < 1.29 is 9.13 Å². The van der Waals surface area contributed by atoms with Gasteiger partial charge in [-0.25, -0.2) is 14.1 Å². The summed E-state index contributed by atoms with van der Waals surface area (Å²) in [4.78, 5) is 19.6. The van der Waals surface area contributed by atoms with Gasteiger partial charge in [0.15, 0.2) is 10.8 Å². The average Bonchev–Trinajstić information content (AvgIpc) is 3.11. The summed E-state index contributed by atoms with van der Waals surface area (Å²) in [6, 6.07) is 15.5. The number of nitrogens with zero attached hydrogens (tertiary/aromatic N) is 3. The van der Waals surface area contributed by atoms with Crippen molar-refractivity contribution >= 4 is 22.8 Å². The number of para-hydroxylation sites is 1. The Kier molecular flexibility index (Phi) is 4.88. The van der Waals surface area contributed by atoms with E-state index < -0.39 is 0 Å². The molecule has 0 amide bonds. The molecule has 0 aliphatic rings. The van der Waals surface area contributed by atoms with Crippen LogP contribution in [-0.4, -0.2) is 32.1 Å². The van der Waals surface area contributed by atoms with Crippen LogP contribution in [0.1, 0.15) is 0 Å². The van der Waals surface area contributed by atoms with Crippen LogP contribution in [0.15, 0.2) is 70.7 Å². The first-order valence-electron chi connectivity index (χ1n) is 8.25. The number of halogens is 1. The Morgan fingerprint density at radius 3 is 2.81 bits per heavy atom. The second-order valence-electron chi connectivity index (χ2n) is 5.65. The lowest BCUT2D eigenvalue weighted by atomic mass is 10.3. The molecule has 0 radical (unpaired) electrons. The highest BCUT2D eigenvalue weighted by Gasteiger charge is 2.11. The Labute approximate surface area is 158 Å². The first kappa shape index (κ1) is 17.3. The Morgan fingerprint density at radius 2 is 2.00 bits per heavy atom. The van der Waals surface area contributed by atoms with E-state index in [1.807, 2.05) is 30.3 Å². The Balaban J connectivity index is 1.50. The highest BCUT2D eigenvalue weighted by Crippen LogP contribution is 2.18. The minimum Gasteiger partial charge on any atom is -0.493 e. The van der Waals surface area contributed by atoms with Gasteiger partial charge >= 0.3 is 0 Å². The first-order valence-corrected chi connectivity index (χ1v) is 9.24. The molecule has 0 spiro atoms. The molecule has 27 heavy (non-hydrogen) atoms. The van der Waals surface area contributed by atoms with Crippen molar-refractivity contribution in [2.75, 3.05) is 12.4 Å². The molecule has 8 heteroatoms. The number of ether oxygens (including phenoxy) is 1. The molecule has 2 aromatic carbocycles. The molecule has 0 saturated heterocycles. The molecule has 0 bridgehead atoms. The predicted octanol–water partition coefficient (Wildman–Crippen LogP) is 3.42. The molecule has 4 rings (SSSR count). The highest BCUT2D eigenvalue weighted by molar-refractivity contribution is 7.99. The van der Waals surface area contributed by atoms with Gasteiger partial charge in [-0.2, -0.15) is 5.10 Å². The molecule has 2 heterocycles. The zero-order chi connectivity index (χ0) is 18.6. The van der Waals surface area contributed by atoms with Crippen LogP contribution >= 0.6 is 11.8 Å². The first-order chi connectivity index (χ1) is 13.2. The lowest BCUT2D eigenvalue weighted by Gasteiger charge is -2.06. The molecule has 0 atom stereocenters. The second kappa shape index (κ2) is 7.63. The van der Waals surface area contributed by atoms with E-state index in [1.54, 1.807) is 16.8 Å². The lowest BCUT2D eigenvalue weighted by molar-refractivity contribution is 0.342. The van der Waals surface area contributed by atoms with Crippen LogP contribution in [-0.2, 0) is 0 Å². The van der Waals surface area contributed by atoms with Crippen molar-refractivity contribution in [1.82, 2.24) is 19.7 Å². The number of H-pyrrole nitrogens is 1. The van der Waals surface area contributed by atoms with Crippen LogP contribution in [0.5, 0.6) is 5.75 Å². The van der Waals surface area contributed by atoms with Crippen molar-refractivity contribution in [2.24, 2.45) is 0 Å². The van der Waals surface area contributed by atoms with Crippen molar-refractivity contribution in [3.63, 3.8) is 0 Å². The molecule has 6 nitrogen and oxygen atoms in total. The molecule has 4 aromatic rings. The van der Waals surface area contributed by atoms with E-state index in [2.05, 4.69) is 15.1 Å². The van der Waals surface area contributed by atoms with Gasteiger partial charge in [-0.15, -0.1) is 0 Å². The van der Waals surface area contributed by atoms with Crippen molar-refractivity contribution in [3.05, 3.63) is 77.0 Å². The van der Waals surface area contributed by atoms with Crippen LogP contribution < -0.4 is 10.3 Å². The number of fused-ring (bicyclic) bond motifs is 1. The predicted molar refractivity (Wildman–Crippen MR) is 102 cm³/mol. The van der Waals surface area contributed by atoms with Crippen LogP contribution in [0, 0.1) is 5.82 Å². The zero-order valence-corrected chi connectivity index (χ0v) is 14.9. The van der Waals surface area contributed by atoms with Crippen molar-refractivity contribution in [1.29, 1.82) is 0 Å². The zero-order valence-electron chi connectivity index (χ0n) is 14.1. The van der Waals surface area contributed by atoms with E-state index in [0.717, 1.165) is 5.69 Å². The van der Waals surface area contributed by atoms with Gasteiger partial charge < -0.3 is 9.72 Å². The second-order valence-corrected chi connectivity index (χ2v) is 6.74. The third-order valence-corrected chi connectivity index (χ3v) is 4.64. The van der Waals surface area contributed by atoms with Gasteiger partial charge in [0.25, 0.3) is 5.56 Å². The lowest BCUT2D eigenvalue weighted by Crippen LogP contribution is -2.10. The highest BCUT2D eigenvalue weighted by atomic mass is 32.2. The van der Waals surface area contributed by atoms with Crippen LogP contribution in [0.4, 0.5) is 4.39 Å². The Hall–Kier alpha value is -3.13. The Morgan fingerprint density at radius 1 is 1.15 bits per heavy atom. The molecule has 136 valence electrons. The van der Waals surface area contributed by atoms with E-state index >= 15 is 0 Å². The number of aromatic amines is 1. The maximum Gasteiger partial charge on any atom is 0.262 e. The fraction of sp³-hybridized carbons (Fsp3) is 0.105. The van der Waals surface area contributed by atoms with Crippen molar-refractivity contribution in [3.8, 4) is 11.4 Å². The summed E-state index contributed by atoms with van der Waals surface area (Å²) in [5, 5.41) is 5.19. The van der Waals surface area contributed by atoms with E-state index in [0.29, 0.717) is 34.3 Å². The van der Waals surface area contributed by atoms with E-state index in [9.17, 15) is 9.18 Å². The molecule has 2 aromatic heterocycles. The van der Waals surface area contributed by atoms with E-state index in [-0.39, 0.29) is 11.4 Å². The number of aromatic nitrogens is 4. The quantitative estimate of drug-likeness (QED) is 0.314. The molecule has 0 fully saturated rings. The van der Waals surface area contributed by atoms with E-state index in [1.165, 1.54) is 30.1 Å². The van der Waals surface area contributed by atoms with E-state index in [4.69, 9.17) is 4.74 Å². The van der Waals surface area contributed by atoms with Gasteiger partial charge in [-0.05, 0) is 24.3 Å². The van der Waals surface area contributed by atoms with Gasteiger partial charge in [0.2, 0.25) is 0 Å². The van der Waals surface area contributed by atoms with Gasteiger partial charge in [-0.3, -0.25) is 4.79 Å². The summed E-state index contributed by atoms with van der Waals surface area (Å²) in [6.45, 7) is 0.355. The minimum absolute atomic E-state index is 0.240. The molecule has 0 saturated carbocycles. The number of benzene rings is 2. The third-order valence-electron chi connectivity index (χ3n) is 3.80. The largest absolute Gasteiger partial charge is 0.493 e. The molecular formula is C19H15FN4O2S. The van der Waals surface area contributed by atoms with Gasteiger partial charge in [0, 0.05) is 11.8 Å². The summed E-state index contributed by atoms with van der Waals surface area (Å²) in [6.07, 6.45) is 1.51. The monoisotopic (exact) mass is 382 g/mol. The fourth-order valence-corrected chi connectivity index (χ4v) is 3.26. The summed E-state index contributed by atoms with van der Waals surface area (Å²) in [5.74, 6) is 0.671. The van der Waals surface area contributed by atoms with Crippen LogP contribution in [0.3, 0.4) is 0 Å². The van der Waals surface area contributed by atoms with Crippen LogP contribution in [0.2, 0.25) is 0 Å². The number of hydrogen-bond acceptors (Lipinski definition) is 5. The third kappa shape index (κ3) is 3.85. The minimum atomic E-state index is -0.342. The molecule has 0 aliphatic heterocycles. The topological polar surface area (TPSA) is 72.8 Å². The summed E-state index contributed by atoms with van der Waals surface area (Å²) in [7, 11) is 0. The maximum atomic E-state index is 13.1. The average molecular weight is 382 g/mol. The fourth-order valence-electron chi connectivity index (χ4n) is 2.58. The van der Waals surface area contributed by atoms with Crippen LogP contribution in [0.25, 0.3) is 16.7 Å². The standard InChI is InChI=1S/C19H15FN4O2S/c20-13-5-4-8-15(11-13)26-9-10-27-19-22-17-16(18(25)23-19)12-21-24(17)14-6-2-1-3-7-14/h1-8,11-12H,9-10H2,(H,22,23,25). The van der Waals surface area contributed by atoms with Gasteiger partial charge in [0.05, 0.1) is 18.5 Å². The number of thioether (sulfide) groups is 1. The molecule has 0 aliphatic carbocycles. The Bertz CT molecular complexity index is 1130. The van der Waals surface area contributed by atoms with Gasteiger partial charge in [-0.1, -0.05) is 36.0 Å². The summed E-state index contributed by atoms with van der Waals surface area (Å²) in [5.41, 5.74) is 1.09. The normalized spacial score (nSPS) is 11.0. The SMILES string of the molecule is O=c1[nH]c(SCCOc2cccc(F)c2)nc2c1cnn2-c1ccccc1. The molecular weight excluding hydrogens is 367 g/mol. The van der Waals surface area contributed by atoms with Crippen molar-refractivity contribution in [2.45, 2.75) is 5.16 Å².